The van der Waals surface area contributed by atoms with Crippen LogP contribution in [0.5, 0.6) is 0 Å². The van der Waals surface area contributed by atoms with Crippen LogP contribution in [0.2, 0.25) is 0 Å². The molecule has 1 saturated heterocycles. The minimum absolute atomic E-state index is 0.0987. The molecule has 0 saturated carbocycles. The van der Waals surface area contributed by atoms with Gasteiger partial charge in [0.1, 0.15) is 6.10 Å². The fraction of sp³-hybridized carbons (Fsp3) is 0.387. The number of hydrogen-bond donors (Lipinski definition) is 2. The van der Waals surface area contributed by atoms with E-state index in [-0.39, 0.29) is 18.7 Å². The first-order chi connectivity index (χ1) is 17.8. The SMILES string of the molecule is C=C/C=C(\c1cc(-c2ccc(C(C)(N)CO)cc2)ccc1C)N1CC/C=C(\C(=O)OC2COC2)CCC1. The smallest absolute Gasteiger partial charge is 0.334 e. The monoisotopic (exact) mass is 502 g/mol. The lowest BCUT2D eigenvalue weighted by molar-refractivity contribution is -0.167. The summed E-state index contributed by atoms with van der Waals surface area (Å²) in [5.74, 6) is -0.202. The van der Waals surface area contributed by atoms with Gasteiger partial charge in [-0.15, -0.1) is 0 Å². The van der Waals surface area contributed by atoms with E-state index >= 15 is 0 Å². The molecule has 0 bridgehead atoms. The van der Waals surface area contributed by atoms with Crippen LogP contribution >= 0.6 is 0 Å². The Morgan fingerprint density at radius 2 is 1.95 bits per heavy atom. The van der Waals surface area contributed by atoms with Crippen LogP contribution in [-0.2, 0) is 19.8 Å². The minimum atomic E-state index is -0.765. The van der Waals surface area contributed by atoms with Gasteiger partial charge in [0.05, 0.1) is 25.4 Å². The average molecular weight is 503 g/mol. The summed E-state index contributed by atoms with van der Waals surface area (Å²) in [6, 6.07) is 14.6. The second-order valence-corrected chi connectivity index (χ2v) is 10.1. The van der Waals surface area contributed by atoms with Gasteiger partial charge in [-0.2, -0.15) is 0 Å². The fourth-order valence-corrected chi connectivity index (χ4v) is 4.69. The molecule has 4 rings (SSSR count). The number of carbonyl (C=O) groups is 1. The van der Waals surface area contributed by atoms with Crippen molar-refractivity contribution in [2.75, 3.05) is 32.9 Å². The summed E-state index contributed by atoms with van der Waals surface area (Å²) in [4.78, 5) is 14.9. The van der Waals surface area contributed by atoms with Crippen LogP contribution in [0.4, 0.5) is 0 Å². The van der Waals surface area contributed by atoms with Crippen LogP contribution in [0, 0.1) is 6.92 Å². The van der Waals surface area contributed by atoms with Crippen molar-refractivity contribution in [2.24, 2.45) is 5.73 Å². The van der Waals surface area contributed by atoms with Gasteiger partial charge in [0.25, 0.3) is 0 Å². The molecule has 0 radical (unpaired) electrons. The van der Waals surface area contributed by atoms with Crippen LogP contribution in [0.3, 0.4) is 0 Å². The summed E-state index contributed by atoms with van der Waals surface area (Å²) in [5, 5.41) is 9.59. The zero-order chi connectivity index (χ0) is 26.4. The van der Waals surface area contributed by atoms with E-state index in [1.807, 2.05) is 31.2 Å². The molecule has 196 valence electrons. The highest BCUT2D eigenvalue weighted by Crippen LogP contribution is 2.31. The number of nitrogens with two attached hydrogens (primary N) is 1. The lowest BCUT2D eigenvalue weighted by Crippen LogP contribution is -2.38. The first kappa shape index (κ1) is 26.9. The number of aliphatic hydroxyl groups is 1. The second kappa shape index (κ2) is 11.9. The van der Waals surface area contributed by atoms with E-state index in [1.54, 1.807) is 0 Å². The molecule has 1 atom stereocenters. The van der Waals surface area contributed by atoms with Crippen LogP contribution < -0.4 is 5.73 Å². The highest BCUT2D eigenvalue weighted by Gasteiger charge is 2.25. The molecular weight excluding hydrogens is 464 g/mol. The van der Waals surface area contributed by atoms with Gasteiger partial charge in [0.2, 0.25) is 0 Å². The van der Waals surface area contributed by atoms with Crippen LogP contribution in [-0.4, -0.2) is 55.0 Å². The van der Waals surface area contributed by atoms with Crippen LogP contribution in [0.25, 0.3) is 16.8 Å². The number of carbonyl (C=O) groups excluding carboxylic acids is 1. The lowest BCUT2D eigenvalue weighted by atomic mass is 9.91. The summed E-state index contributed by atoms with van der Waals surface area (Å²) in [6.07, 6.45) is 8.17. The Bertz CT molecular complexity index is 1180. The Morgan fingerprint density at radius 1 is 1.22 bits per heavy atom. The maximum absolute atomic E-state index is 12.5. The molecule has 2 aliphatic rings. The number of aliphatic hydroxyl groups excluding tert-OH is 1. The normalized spacial score (nSPS) is 20.1. The number of nitrogens with zero attached hydrogens (tertiary/aromatic N) is 1. The van der Waals surface area contributed by atoms with Gasteiger partial charge in [-0.25, -0.2) is 4.79 Å². The van der Waals surface area contributed by atoms with Gasteiger partial charge in [0.15, 0.2) is 0 Å². The Morgan fingerprint density at radius 3 is 2.59 bits per heavy atom. The standard InChI is InChI=1S/C31H38N2O4/c1-4-7-29(33-16-5-8-24(9-6-17-33)30(35)37-27-19-36-20-27)28-18-25(11-10-22(28)2)23-12-14-26(15-13-23)31(3,32)21-34/h4,7-8,10-15,18,27,34H,1,5-6,9,16-17,19-21,32H2,2-3H3/b24-8-,29-7+. The van der Waals surface area contributed by atoms with Gasteiger partial charge in [0, 0.05) is 29.9 Å². The molecule has 2 heterocycles. The number of hydrogen-bond acceptors (Lipinski definition) is 6. The zero-order valence-electron chi connectivity index (χ0n) is 21.9. The minimum Gasteiger partial charge on any atom is -0.454 e. The van der Waals surface area contributed by atoms with Crippen molar-refractivity contribution in [3.8, 4) is 11.1 Å². The molecule has 6 nitrogen and oxygen atoms in total. The maximum atomic E-state index is 12.5. The highest BCUT2D eigenvalue weighted by molar-refractivity contribution is 5.88. The molecular formula is C31H38N2O4. The van der Waals surface area contributed by atoms with E-state index in [0.29, 0.717) is 19.6 Å². The fourth-order valence-electron chi connectivity index (χ4n) is 4.69. The third-order valence-electron chi connectivity index (χ3n) is 7.14. The van der Waals surface area contributed by atoms with Crippen molar-refractivity contribution in [3.05, 3.63) is 89.5 Å². The quantitative estimate of drug-likeness (QED) is 0.402. The Hall–Kier alpha value is -3.19. The van der Waals surface area contributed by atoms with E-state index < -0.39 is 5.54 Å². The Labute approximate surface area is 220 Å². The zero-order valence-corrected chi connectivity index (χ0v) is 21.9. The third kappa shape index (κ3) is 6.39. The van der Waals surface area contributed by atoms with Crippen molar-refractivity contribution < 1.29 is 19.4 Å². The van der Waals surface area contributed by atoms with Crippen molar-refractivity contribution in [1.82, 2.24) is 4.90 Å². The first-order valence-electron chi connectivity index (χ1n) is 13.0. The Balaban J connectivity index is 1.54. The summed E-state index contributed by atoms with van der Waals surface area (Å²) >= 11 is 0. The predicted octanol–water partition coefficient (Wildman–Crippen LogP) is 4.71. The molecule has 2 aliphatic heterocycles. The number of benzene rings is 2. The molecule has 2 aromatic rings. The lowest BCUT2D eigenvalue weighted by Gasteiger charge is -2.31. The molecule has 3 N–H and O–H groups in total. The predicted molar refractivity (Wildman–Crippen MR) is 148 cm³/mol. The number of rotatable bonds is 8. The van der Waals surface area contributed by atoms with Gasteiger partial charge in [-0.05, 0) is 67.5 Å². The molecule has 0 spiro atoms. The van der Waals surface area contributed by atoms with E-state index in [9.17, 15) is 9.90 Å². The largest absolute Gasteiger partial charge is 0.454 e. The van der Waals surface area contributed by atoms with Crippen molar-refractivity contribution >= 4 is 11.7 Å². The van der Waals surface area contributed by atoms with Gasteiger partial charge >= 0.3 is 5.97 Å². The molecule has 1 unspecified atom stereocenters. The van der Waals surface area contributed by atoms with Gasteiger partial charge < -0.3 is 25.2 Å². The van der Waals surface area contributed by atoms with E-state index in [0.717, 1.165) is 59.5 Å². The summed E-state index contributed by atoms with van der Waals surface area (Å²) < 4.78 is 10.6. The van der Waals surface area contributed by atoms with Crippen molar-refractivity contribution in [2.45, 2.75) is 44.8 Å². The van der Waals surface area contributed by atoms with Gasteiger partial charge in [-0.1, -0.05) is 55.1 Å². The summed E-state index contributed by atoms with van der Waals surface area (Å²) in [6.45, 7) is 10.5. The van der Waals surface area contributed by atoms with Gasteiger partial charge in [-0.3, -0.25) is 0 Å². The Kier molecular flexibility index (Phi) is 8.64. The maximum Gasteiger partial charge on any atom is 0.334 e. The molecule has 0 aromatic heterocycles. The second-order valence-electron chi connectivity index (χ2n) is 10.1. The number of allylic oxidation sites excluding steroid dienone is 2. The molecule has 0 amide bonds. The van der Waals surface area contributed by atoms with Crippen LogP contribution in [0.1, 0.15) is 42.9 Å². The topological polar surface area (TPSA) is 85.0 Å². The van der Waals surface area contributed by atoms with E-state index in [2.05, 4.69) is 54.8 Å². The average Bonchev–Trinajstić information content (AvgIpc) is 2.85. The third-order valence-corrected chi connectivity index (χ3v) is 7.14. The molecule has 6 heteroatoms. The molecule has 37 heavy (non-hydrogen) atoms. The molecule has 2 aromatic carbocycles. The highest BCUT2D eigenvalue weighted by atomic mass is 16.6. The van der Waals surface area contributed by atoms with E-state index in [4.69, 9.17) is 15.2 Å². The van der Waals surface area contributed by atoms with Crippen molar-refractivity contribution in [3.63, 3.8) is 0 Å². The number of esters is 1. The van der Waals surface area contributed by atoms with E-state index in [1.165, 1.54) is 5.56 Å². The number of ether oxygens (including phenoxy) is 2. The molecule has 0 aliphatic carbocycles. The summed E-state index contributed by atoms with van der Waals surface area (Å²) in [5.41, 5.74) is 12.8. The first-order valence-corrected chi connectivity index (χ1v) is 13.0. The van der Waals surface area contributed by atoms with Crippen molar-refractivity contribution in [1.29, 1.82) is 0 Å². The molecule has 1 fully saturated rings. The number of aryl methyl sites for hydroxylation is 1. The van der Waals surface area contributed by atoms with Crippen LogP contribution in [0.15, 0.2) is 72.8 Å². The summed E-state index contributed by atoms with van der Waals surface area (Å²) in [7, 11) is 0.